The Bertz CT molecular complexity index is 643. The van der Waals surface area contributed by atoms with Crippen LogP contribution in [0.2, 0.25) is 0 Å². The summed E-state index contributed by atoms with van der Waals surface area (Å²) in [6, 6.07) is 15.6. The Morgan fingerprint density at radius 1 is 0.640 bits per heavy atom. The average Bonchev–Trinajstić information content (AvgIpc) is 2.61. The fraction of sp³-hybridized carbons (Fsp3) is 0.391. The highest BCUT2D eigenvalue weighted by Gasteiger charge is 2.10. The maximum absolute atomic E-state index is 12.3. The van der Waals surface area contributed by atoms with E-state index in [1.807, 2.05) is 48.5 Å². The third-order valence-electron chi connectivity index (χ3n) is 4.61. The fourth-order valence-corrected chi connectivity index (χ4v) is 2.81. The van der Waals surface area contributed by atoms with Gasteiger partial charge in [-0.15, -0.1) is 0 Å². The van der Waals surface area contributed by atoms with Gasteiger partial charge in [-0.3, -0.25) is 9.59 Å². The molecule has 2 aromatic carbocycles. The molecule has 25 heavy (non-hydrogen) atoms. The number of carbonyl (C=O) groups excluding carboxylic acids is 2. The molecule has 0 bridgehead atoms. The highest BCUT2D eigenvalue weighted by molar-refractivity contribution is 5.98. The number of hydrogen-bond acceptors (Lipinski definition) is 2. The molecule has 2 nitrogen and oxygen atoms in total. The third-order valence-corrected chi connectivity index (χ3v) is 4.61. The number of rotatable bonds is 8. The van der Waals surface area contributed by atoms with Crippen LogP contribution >= 0.6 is 0 Å². The third kappa shape index (κ3) is 5.38. The van der Waals surface area contributed by atoms with E-state index in [4.69, 9.17) is 0 Å². The standard InChI is InChI=1S/C23H28O2/c1-16(2)18-8-12-20(13-9-18)22(24)6-5-7-23(25)21-14-10-19(11-15-21)17(3)4/h8-17H,5-7H2,1-4H3. The van der Waals surface area contributed by atoms with E-state index in [-0.39, 0.29) is 11.6 Å². The van der Waals surface area contributed by atoms with Crippen LogP contribution < -0.4 is 0 Å². The van der Waals surface area contributed by atoms with Crippen molar-refractivity contribution in [1.82, 2.24) is 0 Å². The summed E-state index contributed by atoms with van der Waals surface area (Å²) in [6.45, 7) is 8.54. The van der Waals surface area contributed by atoms with E-state index < -0.39 is 0 Å². The SMILES string of the molecule is CC(C)c1ccc(C(=O)CCCC(=O)c2ccc(C(C)C)cc2)cc1. The van der Waals surface area contributed by atoms with Gasteiger partial charge >= 0.3 is 0 Å². The first kappa shape index (κ1) is 19.1. The second kappa shape index (κ2) is 8.75. The largest absolute Gasteiger partial charge is 0.294 e. The Balaban J connectivity index is 1.84. The van der Waals surface area contributed by atoms with Crippen molar-refractivity contribution >= 4 is 11.6 Å². The Morgan fingerprint density at radius 2 is 0.960 bits per heavy atom. The van der Waals surface area contributed by atoms with Crippen molar-refractivity contribution in [2.45, 2.75) is 58.8 Å². The summed E-state index contributed by atoms with van der Waals surface area (Å²) in [7, 11) is 0. The molecule has 0 unspecified atom stereocenters. The van der Waals surface area contributed by atoms with Gasteiger partial charge < -0.3 is 0 Å². The van der Waals surface area contributed by atoms with Gasteiger partial charge in [0.05, 0.1) is 0 Å². The van der Waals surface area contributed by atoms with Gasteiger partial charge in [0.1, 0.15) is 0 Å². The molecule has 0 N–H and O–H groups in total. The van der Waals surface area contributed by atoms with Gasteiger partial charge in [0, 0.05) is 24.0 Å². The average molecular weight is 336 g/mol. The number of carbonyl (C=O) groups is 2. The molecule has 2 aromatic rings. The van der Waals surface area contributed by atoms with Crippen molar-refractivity contribution in [3.8, 4) is 0 Å². The molecule has 0 amide bonds. The molecule has 0 aliphatic heterocycles. The van der Waals surface area contributed by atoms with Crippen LogP contribution in [0.25, 0.3) is 0 Å². The Morgan fingerprint density at radius 3 is 1.24 bits per heavy atom. The van der Waals surface area contributed by atoms with Crippen molar-refractivity contribution in [2.75, 3.05) is 0 Å². The van der Waals surface area contributed by atoms with E-state index in [2.05, 4.69) is 27.7 Å². The topological polar surface area (TPSA) is 34.1 Å². The fourth-order valence-electron chi connectivity index (χ4n) is 2.81. The quantitative estimate of drug-likeness (QED) is 0.540. The van der Waals surface area contributed by atoms with Gasteiger partial charge in [0.2, 0.25) is 0 Å². The van der Waals surface area contributed by atoms with E-state index in [1.54, 1.807) is 0 Å². The molecule has 0 atom stereocenters. The molecule has 2 heteroatoms. The molecule has 0 aromatic heterocycles. The van der Waals surface area contributed by atoms with Crippen molar-refractivity contribution < 1.29 is 9.59 Å². The smallest absolute Gasteiger partial charge is 0.162 e. The molecule has 0 aliphatic rings. The van der Waals surface area contributed by atoms with Gasteiger partial charge in [0.15, 0.2) is 11.6 Å². The van der Waals surface area contributed by atoms with Crippen molar-refractivity contribution in [3.05, 3.63) is 70.8 Å². The Labute approximate surface area is 151 Å². The maximum atomic E-state index is 12.3. The monoisotopic (exact) mass is 336 g/mol. The van der Waals surface area contributed by atoms with Crippen LogP contribution in [0.1, 0.15) is 90.6 Å². The molecule has 0 saturated heterocycles. The predicted octanol–water partition coefficient (Wildman–Crippen LogP) is 6.17. The zero-order chi connectivity index (χ0) is 18.4. The van der Waals surface area contributed by atoms with Crippen molar-refractivity contribution in [2.24, 2.45) is 0 Å². The summed E-state index contributed by atoms with van der Waals surface area (Å²) in [5.41, 5.74) is 3.93. The first-order valence-corrected chi connectivity index (χ1v) is 9.14. The molecule has 0 fully saturated rings. The molecule has 0 saturated carbocycles. The lowest BCUT2D eigenvalue weighted by Crippen LogP contribution is -2.04. The maximum Gasteiger partial charge on any atom is 0.162 e. The molecule has 0 radical (unpaired) electrons. The first-order valence-electron chi connectivity index (χ1n) is 9.14. The van der Waals surface area contributed by atoms with Crippen LogP contribution in [0, 0.1) is 0 Å². The van der Waals surface area contributed by atoms with Crippen LogP contribution in [-0.2, 0) is 0 Å². The lowest BCUT2D eigenvalue weighted by atomic mass is 9.97. The highest BCUT2D eigenvalue weighted by Crippen LogP contribution is 2.18. The molecule has 0 heterocycles. The van der Waals surface area contributed by atoms with Crippen LogP contribution in [0.3, 0.4) is 0 Å². The van der Waals surface area contributed by atoms with Gasteiger partial charge in [-0.05, 0) is 29.4 Å². The second-order valence-corrected chi connectivity index (χ2v) is 7.25. The van der Waals surface area contributed by atoms with Crippen molar-refractivity contribution in [1.29, 1.82) is 0 Å². The minimum Gasteiger partial charge on any atom is -0.294 e. The summed E-state index contributed by atoms with van der Waals surface area (Å²) in [4.78, 5) is 24.5. The van der Waals surface area contributed by atoms with E-state index in [1.165, 1.54) is 11.1 Å². The van der Waals surface area contributed by atoms with Crippen LogP contribution in [0.5, 0.6) is 0 Å². The zero-order valence-corrected chi connectivity index (χ0v) is 15.7. The minimum atomic E-state index is 0.110. The lowest BCUT2D eigenvalue weighted by Gasteiger charge is -2.07. The first-order chi connectivity index (χ1) is 11.9. The number of hydrogen-bond donors (Lipinski definition) is 0. The summed E-state index contributed by atoms with van der Waals surface area (Å²) in [5.74, 6) is 1.14. The molecule has 0 aliphatic carbocycles. The molecule has 0 spiro atoms. The molecule has 2 rings (SSSR count). The van der Waals surface area contributed by atoms with Crippen LogP contribution in [0.15, 0.2) is 48.5 Å². The van der Waals surface area contributed by atoms with Gasteiger partial charge in [-0.2, -0.15) is 0 Å². The van der Waals surface area contributed by atoms with Crippen molar-refractivity contribution in [3.63, 3.8) is 0 Å². The van der Waals surface area contributed by atoms with Gasteiger partial charge in [0.25, 0.3) is 0 Å². The summed E-state index contributed by atoms with van der Waals surface area (Å²) >= 11 is 0. The van der Waals surface area contributed by atoms with Gasteiger partial charge in [-0.25, -0.2) is 0 Å². The van der Waals surface area contributed by atoms with E-state index in [0.29, 0.717) is 31.1 Å². The Hall–Kier alpha value is -2.22. The van der Waals surface area contributed by atoms with Crippen LogP contribution in [-0.4, -0.2) is 11.6 Å². The Kier molecular flexibility index (Phi) is 6.69. The number of ketones is 2. The normalized spacial score (nSPS) is 11.1. The van der Waals surface area contributed by atoms with E-state index in [0.717, 1.165) is 11.1 Å². The molecular weight excluding hydrogens is 308 g/mol. The lowest BCUT2D eigenvalue weighted by molar-refractivity contribution is 0.0957. The van der Waals surface area contributed by atoms with Crippen LogP contribution in [0.4, 0.5) is 0 Å². The minimum absolute atomic E-state index is 0.110. The molecular formula is C23H28O2. The van der Waals surface area contributed by atoms with E-state index >= 15 is 0 Å². The highest BCUT2D eigenvalue weighted by atomic mass is 16.1. The zero-order valence-electron chi connectivity index (χ0n) is 15.7. The predicted molar refractivity (Wildman–Crippen MR) is 104 cm³/mol. The van der Waals surface area contributed by atoms with E-state index in [9.17, 15) is 9.59 Å². The summed E-state index contributed by atoms with van der Waals surface area (Å²) in [5, 5.41) is 0. The second-order valence-electron chi connectivity index (χ2n) is 7.25. The molecule has 132 valence electrons. The summed E-state index contributed by atoms with van der Waals surface area (Å²) < 4.78 is 0. The number of Topliss-reactive ketones (excluding diaryl/α,β-unsaturated/α-hetero) is 2. The van der Waals surface area contributed by atoms with Gasteiger partial charge in [-0.1, -0.05) is 76.2 Å². The number of benzene rings is 2. The summed E-state index contributed by atoms with van der Waals surface area (Å²) in [6.07, 6.45) is 1.42.